The number of tetrazole rings is 1. The van der Waals surface area contributed by atoms with Gasteiger partial charge in [0.1, 0.15) is 6.54 Å². The lowest BCUT2D eigenvalue weighted by molar-refractivity contribution is 0.601. The summed E-state index contributed by atoms with van der Waals surface area (Å²) < 4.78 is 1.32. The topological polar surface area (TPSA) is 90.5 Å². The highest BCUT2D eigenvalue weighted by Gasteiger charge is 2.20. The van der Waals surface area contributed by atoms with Crippen molar-refractivity contribution in [3.63, 3.8) is 0 Å². The molecule has 100 valence electrons. The van der Waals surface area contributed by atoms with E-state index in [0.29, 0.717) is 5.82 Å². The van der Waals surface area contributed by atoms with E-state index in [4.69, 9.17) is 0 Å². The fraction of sp³-hybridized carbons (Fsp3) is 0.545. The Morgan fingerprint density at radius 1 is 1.47 bits per heavy atom. The zero-order chi connectivity index (χ0) is 13.2. The molecular formula is C11H15N7O. The SMILES string of the molecule is Cn1nnc(Cn2ncc(NCC3CC3)cc2=O)n1. The van der Waals surface area contributed by atoms with E-state index in [0.717, 1.165) is 18.2 Å². The average molecular weight is 261 g/mol. The lowest BCUT2D eigenvalue weighted by Crippen LogP contribution is -2.24. The zero-order valence-electron chi connectivity index (χ0n) is 10.7. The number of aryl methyl sites for hydroxylation is 1. The number of anilines is 1. The molecule has 19 heavy (non-hydrogen) atoms. The van der Waals surface area contributed by atoms with Crippen molar-refractivity contribution in [1.29, 1.82) is 0 Å². The van der Waals surface area contributed by atoms with Crippen molar-refractivity contribution >= 4 is 5.69 Å². The van der Waals surface area contributed by atoms with Gasteiger partial charge in [-0.3, -0.25) is 4.79 Å². The Kier molecular flexibility index (Phi) is 2.98. The van der Waals surface area contributed by atoms with Crippen LogP contribution in [0.15, 0.2) is 17.1 Å². The van der Waals surface area contributed by atoms with Crippen LogP contribution in [0.2, 0.25) is 0 Å². The second-order valence-corrected chi connectivity index (χ2v) is 4.76. The van der Waals surface area contributed by atoms with Crippen molar-refractivity contribution in [2.75, 3.05) is 11.9 Å². The first-order valence-corrected chi connectivity index (χ1v) is 6.24. The van der Waals surface area contributed by atoms with Gasteiger partial charge in [-0.05, 0) is 24.0 Å². The largest absolute Gasteiger partial charge is 0.383 e. The number of nitrogens with one attached hydrogen (secondary N) is 1. The summed E-state index contributed by atoms with van der Waals surface area (Å²) in [4.78, 5) is 13.2. The molecule has 1 fully saturated rings. The quantitative estimate of drug-likeness (QED) is 0.790. The minimum Gasteiger partial charge on any atom is -0.383 e. The molecule has 0 radical (unpaired) electrons. The maximum absolute atomic E-state index is 11.9. The second kappa shape index (κ2) is 4.79. The molecule has 0 spiro atoms. The van der Waals surface area contributed by atoms with E-state index in [2.05, 4.69) is 25.8 Å². The van der Waals surface area contributed by atoms with Crippen molar-refractivity contribution in [3.05, 3.63) is 28.4 Å². The molecule has 8 heteroatoms. The predicted octanol–water partition coefficient (Wildman–Crippen LogP) is -0.363. The van der Waals surface area contributed by atoms with Crippen molar-refractivity contribution in [2.45, 2.75) is 19.4 Å². The van der Waals surface area contributed by atoms with Gasteiger partial charge in [-0.25, -0.2) is 4.68 Å². The maximum atomic E-state index is 11.9. The van der Waals surface area contributed by atoms with Crippen molar-refractivity contribution in [1.82, 2.24) is 30.0 Å². The number of aromatic nitrogens is 6. The molecule has 0 atom stereocenters. The smallest absolute Gasteiger partial charge is 0.269 e. The first-order chi connectivity index (χ1) is 9.20. The van der Waals surface area contributed by atoms with E-state index in [1.165, 1.54) is 22.3 Å². The van der Waals surface area contributed by atoms with Gasteiger partial charge in [0.25, 0.3) is 5.56 Å². The van der Waals surface area contributed by atoms with Crippen molar-refractivity contribution < 1.29 is 0 Å². The monoisotopic (exact) mass is 261 g/mol. The van der Waals surface area contributed by atoms with E-state index in [9.17, 15) is 4.79 Å². The number of hydrogen-bond donors (Lipinski definition) is 1. The Morgan fingerprint density at radius 3 is 2.95 bits per heavy atom. The van der Waals surface area contributed by atoms with Gasteiger partial charge in [-0.15, -0.1) is 10.2 Å². The molecule has 2 aromatic rings. The minimum absolute atomic E-state index is 0.173. The van der Waals surface area contributed by atoms with Gasteiger partial charge in [0.2, 0.25) is 0 Å². The molecule has 8 nitrogen and oxygen atoms in total. The maximum Gasteiger partial charge on any atom is 0.269 e. The van der Waals surface area contributed by atoms with Gasteiger partial charge in [0.05, 0.1) is 18.9 Å². The lowest BCUT2D eigenvalue weighted by Gasteiger charge is -2.06. The predicted molar refractivity (Wildman–Crippen MR) is 67.6 cm³/mol. The summed E-state index contributed by atoms with van der Waals surface area (Å²) in [5, 5.41) is 18.9. The van der Waals surface area contributed by atoms with E-state index in [1.807, 2.05) is 0 Å². The summed E-state index contributed by atoms with van der Waals surface area (Å²) in [5.41, 5.74) is 0.591. The van der Waals surface area contributed by atoms with Gasteiger partial charge in [0.15, 0.2) is 5.82 Å². The molecule has 3 rings (SSSR count). The van der Waals surface area contributed by atoms with Crippen LogP contribution in [0.5, 0.6) is 0 Å². The van der Waals surface area contributed by atoms with Crippen molar-refractivity contribution in [3.8, 4) is 0 Å². The van der Waals surface area contributed by atoms with Gasteiger partial charge in [0, 0.05) is 12.6 Å². The van der Waals surface area contributed by atoms with Crippen LogP contribution in [0.1, 0.15) is 18.7 Å². The van der Waals surface area contributed by atoms with Gasteiger partial charge in [-0.2, -0.15) is 9.90 Å². The average Bonchev–Trinajstić information content (AvgIpc) is 3.13. The van der Waals surface area contributed by atoms with E-state index in [1.54, 1.807) is 19.3 Å². The van der Waals surface area contributed by atoms with Crippen LogP contribution < -0.4 is 10.9 Å². The molecular weight excluding hydrogens is 246 g/mol. The standard InChI is InChI=1S/C11H15N7O/c1-17-15-10(14-16-17)7-18-11(19)4-9(6-13-18)12-5-8-2-3-8/h4,6,8,12H,2-3,5,7H2,1H3. The van der Waals surface area contributed by atoms with Crippen molar-refractivity contribution in [2.24, 2.45) is 13.0 Å². The van der Waals surface area contributed by atoms with Crippen LogP contribution >= 0.6 is 0 Å². The third-order valence-electron chi connectivity index (χ3n) is 3.00. The van der Waals surface area contributed by atoms with Crippen LogP contribution in [0.4, 0.5) is 5.69 Å². The van der Waals surface area contributed by atoms with Crippen LogP contribution in [-0.2, 0) is 13.6 Å². The summed E-state index contributed by atoms with van der Waals surface area (Å²) in [6, 6.07) is 1.55. The summed E-state index contributed by atoms with van der Waals surface area (Å²) in [7, 11) is 1.68. The number of nitrogens with zero attached hydrogens (tertiary/aromatic N) is 6. The molecule has 0 aromatic carbocycles. The summed E-state index contributed by atoms with van der Waals surface area (Å²) in [6.45, 7) is 1.15. The number of rotatable bonds is 5. The van der Waals surface area contributed by atoms with Crippen LogP contribution in [0, 0.1) is 5.92 Å². The zero-order valence-corrected chi connectivity index (χ0v) is 10.7. The number of hydrogen-bond acceptors (Lipinski definition) is 6. The van der Waals surface area contributed by atoms with E-state index in [-0.39, 0.29) is 12.1 Å². The third-order valence-corrected chi connectivity index (χ3v) is 3.00. The highest BCUT2D eigenvalue weighted by molar-refractivity contribution is 5.38. The van der Waals surface area contributed by atoms with E-state index >= 15 is 0 Å². The van der Waals surface area contributed by atoms with Gasteiger partial charge in [-0.1, -0.05) is 0 Å². The molecule has 2 heterocycles. The molecule has 0 saturated heterocycles. The Balaban J connectivity index is 1.69. The Hall–Kier alpha value is -2.25. The molecule has 0 aliphatic heterocycles. The highest BCUT2D eigenvalue weighted by atomic mass is 16.1. The minimum atomic E-state index is -0.173. The van der Waals surface area contributed by atoms with Gasteiger partial charge >= 0.3 is 0 Å². The van der Waals surface area contributed by atoms with E-state index < -0.39 is 0 Å². The molecule has 0 bridgehead atoms. The summed E-state index contributed by atoms with van der Waals surface area (Å²) >= 11 is 0. The van der Waals surface area contributed by atoms with Crippen LogP contribution in [0.25, 0.3) is 0 Å². The van der Waals surface area contributed by atoms with Gasteiger partial charge < -0.3 is 5.32 Å². The lowest BCUT2D eigenvalue weighted by atomic mass is 10.4. The molecule has 0 amide bonds. The normalized spacial score (nSPS) is 14.6. The summed E-state index contributed by atoms with van der Waals surface area (Å²) in [5.74, 6) is 1.22. The fourth-order valence-electron chi connectivity index (χ4n) is 1.75. The molecule has 1 saturated carbocycles. The molecule has 1 N–H and O–H groups in total. The molecule has 1 aliphatic carbocycles. The molecule has 1 aliphatic rings. The fourth-order valence-corrected chi connectivity index (χ4v) is 1.75. The van der Waals surface area contributed by atoms with Crippen LogP contribution in [-0.4, -0.2) is 36.5 Å². The Labute approximate surface area is 109 Å². The Morgan fingerprint density at radius 2 is 2.32 bits per heavy atom. The first-order valence-electron chi connectivity index (χ1n) is 6.24. The summed E-state index contributed by atoms with van der Waals surface area (Å²) in [6.07, 6.45) is 4.20. The highest BCUT2D eigenvalue weighted by Crippen LogP contribution is 2.28. The third kappa shape index (κ3) is 2.95. The molecule has 0 unspecified atom stereocenters. The Bertz CT molecular complexity index is 628. The molecule has 2 aromatic heterocycles. The first kappa shape index (κ1) is 11.8. The van der Waals surface area contributed by atoms with Crippen LogP contribution in [0.3, 0.4) is 0 Å². The second-order valence-electron chi connectivity index (χ2n) is 4.76.